The SMILES string of the molecule is C[C@H]1[C@H]([Si](C)(C)F)[C@@H](CCn2cc(CCO)nn2)O[C@]12C(=O)Nc1ccc(-n3ncc4ccccc4c3=O)cc12. The van der Waals surface area contributed by atoms with Crippen LogP contribution in [-0.4, -0.2) is 56.9 Å². The molecule has 0 aliphatic carbocycles. The first-order valence-corrected chi connectivity index (χ1v) is 16.4. The van der Waals surface area contributed by atoms with Crippen LogP contribution in [0.5, 0.6) is 0 Å². The minimum absolute atomic E-state index is 0.0223. The third-order valence-corrected chi connectivity index (χ3v) is 10.7. The Balaban J connectivity index is 1.38. The number of halogens is 1. The number of aromatic nitrogens is 5. The Morgan fingerprint density at radius 2 is 2.00 bits per heavy atom. The third-order valence-electron chi connectivity index (χ3n) is 8.24. The molecule has 0 saturated carbocycles. The number of nitrogens with zero attached hydrogens (tertiary/aromatic N) is 5. The number of carbonyl (C=O) groups excluding carboxylic acids is 1. The quantitative estimate of drug-likeness (QED) is 0.262. The number of ether oxygens (including phenoxy) is 1. The lowest BCUT2D eigenvalue weighted by atomic mass is 9.82. The van der Waals surface area contributed by atoms with Crippen molar-refractivity contribution in [1.82, 2.24) is 24.8 Å². The number of hydrogen-bond acceptors (Lipinski definition) is 7. The van der Waals surface area contributed by atoms with Crippen LogP contribution >= 0.6 is 0 Å². The summed E-state index contributed by atoms with van der Waals surface area (Å²) in [5, 5.41) is 25.9. The summed E-state index contributed by atoms with van der Waals surface area (Å²) in [5.41, 5.74) is 0.198. The Bertz CT molecular complexity index is 1670. The number of aliphatic hydroxyl groups is 1. The van der Waals surface area contributed by atoms with Crippen molar-refractivity contribution in [3.05, 3.63) is 76.5 Å². The van der Waals surface area contributed by atoms with Gasteiger partial charge >= 0.3 is 0 Å². The van der Waals surface area contributed by atoms with Crippen LogP contribution < -0.4 is 10.9 Å². The number of anilines is 1. The second kappa shape index (κ2) is 9.72. The standard InChI is InChI=1S/C28H31FN6O4Si/c1-17-25(40(2,3)29)24(10-12-34-16-19(11-13-36)32-33-34)39-28(17)22-14-20(8-9-23(22)31-27(28)38)35-26(37)21-7-5-4-6-18(21)15-30-35/h4-9,14-17,24-25,36H,10-13H2,1-3H3,(H,31,38)/t17-,24+,25-,28+/m0/s1. The van der Waals surface area contributed by atoms with Crippen molar-refractivity contribution in [1.29, 1.82) is 0 Å². The Labute approximate surface area is 231 Å². The maximum absolute atomic E-state index is 15.9. The Kier molecular flexibility index (Phi) is 6.43. The highest BCUT2D eigenvalue weighted by molar-refractivity contribution is 6.72. The van der Waals surface area contributed by atoms with Gasteiger partial charge in [-0.05, 0) is 43.8 Å². The van der Waals surface area contributed by atoms with Gasteiger partial charge in [-0.3, -0.25) is 14.3 Å². The summed E-state index contributed by atoms with van der Waals surface area (Å²) in [6.07, 6.45) is 3.70. The monoisotopic (exact) mass is 562 g/mol. The highest BCUT2D eigenvalue weighted by Crippen LogP contribution is 2.59. The van der Waals surface area contributed by atoms with E-state index in [-0.39, 0.29) is 18.1 Å². The van der Waals surface area contributed by atoms with Crippen LogP contribution in [0.3, 0.4) is 0 Å². The summed E-state index contributed by atoms with van der Waals surface area (Å²) >= 11 is 0. The predicted molar refractivity (Wildman–Crippen MR) is 149 cm³/mol. The topological polar surface area (TPSA) is 124 Å². The van der Waals surface area contributed by atoms with Crippen molar-refractivity contribution < 1.29 is 18.7 Å². The first-order chi connectivity index (χ1) is 19.1. The molecule has 4 heterocycles. The highest BCUT2D eigenvalue weighted by Gasteiger charge is 2.65. The number of hydrogen-bond donors (Lipinski definition) is 2. The molecule has 208 valence electrons. The number of carbonyl (C=O) groups is 1. The molecule has 2 aromatic heterocycles. The van der Waals surface area contributed by atoms with Gasteiger partial charge in [0.05, 0.1) is 29.1 Å². The number of aliphatic hydroxyl groups excluding tert-OH is 1. The lowest BCUT2D eigenvalue weighted by Crippen LogP contribution is -2.42. The molecular weight excluding hydrogens is 531 g/mol. The van der Waals surface area contributed by atoms with Crippen LogP contribution in [0.4, 0.5) is 9.80 Å². The fourth-order valence-corrected chi connectivity index (χ4v) is 9.01. The number of rotatable bonds is 7. The summed E-state index contributed by atoms with van der Waals surface area (Å²) in [6.45, 7) is 5.60. The molecule has 0 bridgehead atoms. The molecule has 2 aliphatic heterocycles. The average molecular weight is 563 g/mol. The number of benzene rings is 2. The van der Waals surface area contributed by atoms with Gasteiger partial charge in [-0.15, -0.1) is 5.10 Å². The molecule has 2 aliphatic rings. The van der Waals surface area contributed by atoms with E-state index < -0.39 is 31.6 Å². The fraction of sp³-hybridized carbons (Fsp3) is 0.393. The highest BCUT2D eigenvalue weighted by atomic mass is 28.4. The molecule has 1 fully saturated rings. The molecule has 1 saturated heterocycles. The number of nitrogens with one attached hydrogen (secondary N) is 1. The van der Waals surface area contributed by atoms with Gasteiger partial charge in [0.1, 0.15) is 0 Å². The van der Waals surface area contributed by atoms with E-state index in [1.807, 2.05) is 19.1 Å². The first-order valence-electron chi connectivity index (χ1n) is 13.4. The summed E-state index contributed by atoms with van der Waals surface area (Å²) < 4.78 is 25.5. The summed E-state index contributed by atoms with van der Waals surface area (Å²) in [4.78, 5) is 26.9. The van der Waals surface area contributed by atoms with E-state index in [2.05, 4.69) is 20.7 Å². The molecule has 2 aromatic carbocycles. The molecule has 0 unspecified atom stereocenters. The van der Waals surface area contributed by atoms with Crippen molar-refractivity contribution in [2.75, 3.05) is 11.9 Å². The van der Waals surface area contributed by atoms with Crippen LogP contribution in [0.15, 0.2) is 59.7 Å². The molecule has 10 nitrogen and oxygen atoms in total. The van der Waals surface area contributed by atoms with Crippen LogP contribution in [0.1, 0.15) is 24.6 Å². The van der Waals surface area contributed by atoms with Gasteiger partial charge in [0.25, 0.3) is 11.5 Å². The second-order valence-electron chi connectivity index (χ2n) is 11.1. The zero-order valence-electron chi connectivity index (χ0n) is 22.5. The molecule has 12 heteroatoms. The minimum atomic E-state index is -3.31. The van der Waals surface area contributed by atoms with Gasteiger partial charge in [-0.25, -0.2) is 0 Å². The van der Waals surface area contributed by atoms with Gasteiger partial charge in [0, 0.05) is 53.9 Å². The van der Waals surface area contributed by atoms with Gasteiger partial charge in [-0.1, -0.05) is 30.3 Å². The average Bonchev–Trinajstić information content (AvgIpc) is 3.58. The van der Waals surface area contributed by atoms with Crippen molar-refractivity contribution in [3.8, 4) is 5.69 Å². The number of fused-ring (bicyclic) bond motifs is 3. The van der Waals surface area contributed by atoms with Crippen LogP contribution in [0, 0.1) is 5.92 Å². The second-order valence-corrected chi connectivity index (χ2v) is 14.9. The summed E-state index contributed by atoms with van der Waals surface area (Å²) in [5.74, 6) is -0.787. The first kappa shape index (κ1) is 26.5. The molecule has 2 N–H and O–H groups in total. The van der Waals surface area contributed by atoms with Gasteiger partial charge in [0.15, 0.2) is 5.60 Å². The molecule has 40 heavy (non-hydrogen) atoms. The lowest BCUT2D eigenvalue weighted by Gasteiger charge is -2.30. The van der Waals surface area contributed by atoms with E-state index in [1.165, 1.54) is 4.68 Å². The number of amides is 1. The van der Waals surface area contributed by atoms with E-state index in [9.17, 15) is 9.59 Å². The zero-order valence-corrected chi connectivity index (χ0v) is 23.5. The van der Waals surface area contributed by atoms with Gasteiger partial charge in [0.2, 0.25) is 8.41 Å². The maximum Gasteiger partial charge on any atom is 0.279 e. The zero-order chi connectivity index (χ0) is 28.2. The normalized spacial score (nSPS) is 24.1. The number of aryl methyl sites for hydroxylation is 1. The van der Waals surface area contributed by atoms with Crippen molar-refractivity contribution in [2.45, 2.75) is 56.7 Å². The fourth-order valence-electron chi connectivity index (χ4n) is 6.47. The minimum Gasteiger partial charge on any atom is -0.396 e. The molecule has 0 radical (unpaired) electrons. The van der Waals surface area contributed by atoms with E-state index in [0.717, 1.165) is 5.39 Å². The van der Waals surface area contributed by atoms with Crippen molar-refractivity contribution in [3.63, 3.8) is 0 Å². The van der Waals surface area contributed by atoms with Crippen molar-refractivity contribution >= 4 is 30.8 Å². The van der Waals surface area contributed by atoms with Crippen LogP contribution in [0.25, 0.3) is 16.5 Å². The summed E-state index contributed by atoms with van der Waals surface area (Å²) in [7, 11) is -3.31. The molecule has 6 rings (SSSR count). The summed E-state index contributed by atoms with van der Waals surface area (Å²) in [6, 6.07) is 12.5. The lowest BCUT2D eigenvalue weighted by molar-refractivity contribution is -0.143. The van der Waals surface area contributed by atoms with E-state index in [4.69, 9.17) is 9.84 Å². The van der Waals surface area contributed by atoms with E-state index in [0.29, 0.717) is 47.4 Å². The smallest absolute Gasteiger partial charge is 0.279 e. The van der Waals surface area contributed by atoms with Gasteiger partial charge in [-0.2, -0.15) is 9.78 Å². The molecule has 4 aromatic rings. The Morgan fingerprint density at radius 3 is 2.77 bits per heavy atom. The predicted octanol–water partition coefficient (Wildman–Crippen LogP) is 3.33. The molecule has 4 atom stereocenters. The van der Waals surface area contributed by atoms with Crippen LogP contribution in [-0.2, 0) is 28.1 Å². The molecule has 1 amide bonds. The molecular formula is C28H31FN6O4Si. The molecule has 1 spiro atoms. The Hall–Kier alpha value is -3.74. The van der Waals surface area contributed by atoms with Crippen molar-refractivity contribution in [2.24, 2.45) is 5.92 Å². The van der Waals surface area contributed by atoms with E-state index >= 15 is 4.11 Å². The van der Waals surface area contributed by atoms with Crippen LogP contribution in [0.2, 0.25) is 18.6 Å². The third kappa shape index (κ3) is 4.18. The largest absolute Gasteiger partial charge is 0.396 e. The maximum atomic E-state index is 15.9. The van der Waals surface area contributed by atoms with E-state index in [1.54, 1.807) is 60.5 Å². The Morgan fingerprint density at radius 1 is 1.20 bits per heavy atom. The van der Waals surface area contributed by atoms with Gasteiger partial charge < -0.3 is 19.3 Å².